The van der Waals surface area contributed by atoms with Gasteiger partial charge >= 0.3 is 5.69 Å². The van der Waals surface area contributed by atoms with Crippen LogP contribution in [0.15, 0.2) is 40.2 Å². The summed E-state index contributed by atoms with van der Waals surface area (Å²) in [6.07, 6.45) is 5.18. The lowest BCUT2D eigenvalue weighted by atomic mass is 10.2. The second-order valence-corrected chi connectivity index (χ2v) is 7.05. The Morgan fingerprint density at radius 2 is 2.00 bits per heavy atom. The second kappa shape index (κ2) is 7.03. The number of nitrogens with one attached hydrogen (secondary N) is 3. The van der Waals surface area contributed by atoms with Crippen molar-refractivity contribution in [2.24, 2.45) is 4.99 Å². The molecule has 0 amide bonds. The lowest BCUT2D eigenvalue weighted by Crippen LogP contribution is -2.24. The molecule has 0 bridgehead atoms. The van der Waals surface area contributed by atoms with Crippen LogP contribution in [0.2, 0.25) is 0 Å². The number of rotatable bonds is 5. The molecule has 1 saturated carbocycles. The number of anilines is 1. The Balaban J connectivity index is 1.58. The van der Waals surface area contributed by atoms with E-state index in [0.717, 1.165) is 18.4 Å². The minimum Gasteiger partial charge on any atom is -0.508 e. The number of fused-ring (bicyclic) bond motifs is 1. The van der Waals surface area contributed by atoms with Crippen LogP contribution < -0.4 is 21.8 Å². The average Bonchev–Trinajstić information content (AvgIpc) is 3.36. The van der Waals surface area contributed by atoms with Crippen LogP contribution in [-0.2, 0) is 6.54 Å². The van der Waals surface area contributed by atoms with E-state index in [1.54, 1.807) is 36.5 Å². The van der Waals surface area contributed by atoms with Crippen molar-refractivity contribution in [2.75, 3.05) is 5.32 Å². The molecule has 1 fully saturated rings. The fourth-order valence-electron chi connectivity index (χ4n) is 2.95. The smallest absolute Gasteiger partial charge is 0.326 e. The summed E-state index contributed by atoms with van der Waals surface area (Å²) in [6.45, 7) is 0.457. The van der Waals surface area contributed by atoms with E-state index in [1.165, 1.54) is 4.52 Å². The number of phenolic OH excluding ortho intramolecular Hbond substituents is 1. The van der Waals surface area contributed by atoms with E-state index >= 15 is 0 Å². The minimum absolute atomic E-state index is 0.201. The van der Waals surface area contributed by atoms with Gasteiger partial charge in [-0.3, -0.25) is 4.98 Å². The van der Waals surface area contributed by atoms with Crippen LogP contribution in [0.4, 0.5) is 5.95 Å². The van der Waals surface area contributed by atoms with Crippen LogP contribution in [0.1, 0.15) is 24.1 Å². The summed E-state index contributed by atoms with van der Waals surface area (Å²) in [7, 11) is 0. The maximum atomic E-state index is 11.4. The van der Waals surface area contributed by atoms with Crippen LogP contribution in [0.5, 0.6) is 11.6 Å². The van der Waals surface area contributed by atoms with Crippen LogP contribution >= 0.6 is 0 Å². The molecule has 0 radical (unpaired) electrons. The zero-order chi connectivity index (χ0) is 20.7. The summed E-state index contributed by atoms with van der Waals surface area (Å²) in [5, 5.41) is 27.3. The molecule has 5 rings (SSSR count). The molecule has 11 nitrogen and oxygen atoms in total. The number of phenols is 1. The normalized spacial score (nSPS) is 15.2. The topological polar surface area (TPSA) is 157 Å². The first kappa shape index (κ1) is 17.9. The number of aromatic nitrogens is 6. The third kappa shape index (κ3) is 3.60. The summed E-state index contributed by atoms with van der Waals surface area (Å²) in [5.41, 5.74) is 1.59. The van der Waals surface area contributed by atoms with Crippen molar-refractivity contribution in [2.45, 2.75) is 25.4 Å². The standard InChI is InChI=1S/C19H18N8O3/c28-13-5-1-10(2-6-13)8-20-17-24-15-11(7-14-16(29)25-19(30)23-14)9-21-27(15)18(26-17)22-12-3-4-12/h1-2,5-7,9,12,28-29H,3-4,8H2,(H,20,22,26)(H2,23,25,30). The van der Waals surface area contributed by atoms with E-state index in [1.807, 2.05) is 0 Å². The Hall–Kier alpha value is -4.15. The predicted octanol–water partition coefficient (Wildman–Crippen LogP) is -0.225. The average molecular weight is 406 g/mol. The van der Waals surface area contributed by atoms with Crippen molar-refractivity contribution < 1.29 is 10.2 Å². The molecule has 3 aromatic heterocycles. The van der Waals surface area contributed by atoms with Gasteiger partial charge in [-0.05, 0) is 36.6 Å². The first-order chi connectivity index (χ1) is 14.5. The van der Waals surface area contributed by atoms with Gasteiger partial charge in [0.1, 0.15) is 11.4 Å². The second-order valence-electron chi connectivity index (χ2n) is 7.05. The molecular weight excluding hydrogens is 388 g/mol. The molecular formula is C19H18N8O3. The third-order valence-electron chi connectivity index (χ3n) is 4.65. The monoisotopic (exact) mass is 406 g/mol. The third-order valence-corrected chi connectivity index (χ3v) is 4.65. The van der Waals surface area contributed by atoms with Gasteiger partial charge < -0.3 is 20.5 Å². The Morgan fingerprint density at radius 1 is 1.20 bits per heavy atom. The number of nitrogens with zero attached hydrogens (tertiary/aromatic N) is 5. The van der Waals surface area contributed by atoms with Gasteiger partial charge in [0, 0.05) is 11.8 Å². The van der Waals surface area contributed by atoms with E-state index in [-0.39, 0.29) is 23.4 Å². The molecule has 30 heavy (non-hydrogen) atoms. The van der Waals surface area contributed by atoms with Gasteiger partial charge in [0.2, 0.25) is 11.8 Å². The molecule has 152 valence electrons. The van der Waals surface area contributed by atoms with Crippen molar-refractivity contribution in [1.82, 2.24) is 29.5 Å². The quantitative estimate of drug-likeness (QED) is 0.306. The summed E-state index contributed by atoms with van der Waals surface area (Å²) in [4.78, 5) is 29.8. The maximum Gasteiger partial charge on any atom is 0.326 e. The Bertz CT molecular complexity index is 1400. The van der Waals surface area contributed by atoms with E-state index in [2.05, 4.69) is 35.3 Å². The molecule has 5 N–H and O–H groups in total. The summed E-state index contributed by atoms with van der Waals surface area (Å²) in [6, 6.07) is 7.07. The number of aromatic hydroxyl groups is 2. The van der Waals surface area contributed by atoms with E-state index in [9.17, 15) is 15.0 Å². The largest absolute Gasteiger partial charge is 0.508 e. The Morgan fingerprint density at radius 3 is 2.70 bits per heavy atom. The lowest BCUT2D eigenvalue weighted by Gasteiger charge is -2.05. The molecule has 0 atom stereocenters. The van der Waals surface area contributed by atoms with Crippen molar-refractivity contribution >= 4 is 17.7 Å². The number of benzene rings is 1. The lowest BCUT2D eigenvalue weighted by molar-refractivity contribution is 0.454. The van der Waals surface area contributed by atoms with E-state index in [4.69, 9.17) is 0 Å². The highest BCUT2D eigenvalue weighted by molar-refractivity contribution is 5.57. The van der Waals surface area contributed by atoms with Crippen LogP contribution in [0, 0.1) is 0 Å². The SMILES string of the molecule is O=c1[nH]c(O)c(C=c2cnn3c(=NC4CC4)nc(NCc4ccc(O)cc4)nc23)[nH]1. The molecule has 0 aliphatic heterocycles. The highest BCUT2D eigenvalue weighted by Crippen LogP contribution is 2.22. The van der Waals surface area contributed by atoms with E-state index < -0.39 is 5.69 Å². The Labute approximate surface area is 168 Å². The summed E-state index contributed by atoms with van der Waals surface area (Å²) >= 11 is 0. The first-order valence-electron chi connectivity index (χ1n) is 9.39. The van der Waals surface area contributed by atoms with Crippen molar-refractivity contribution in [3.63, 3.8) is 0 Å². The molecule has 11 heteroatoms. The molecule has 1 aliphatic carbocycles. The minimum atomic E-state index is -0.509. The molecule has 0 spiro atoms. The number of hydrogen-bond acceptors (Lipinski definition) is 8. The zero-order valence-corrected chi connectivity index (χ0v) is 15.7. The van der Waals surface area contributed by atoms with Crippen LogP contribution in [0.3, 0.4) is 0 Å². The van der Waals surface area contributed by atoms with Gasteiger partial charge in [-0.15, -0.1) is 0 Å². The summed E-state index contributed by atoms with van der Waals surface area (Å²) in [5.74, 6) is 0.311. The fourth-order valence-corrected chi connectivity index (χ4v) is 2.95. The number of imidazole rings is 1. The molecule has 0 unspecified atom stereocenters. The molecule has 1 aliphatic rings. The van der Waals surface area contributed by atoms with Gasteiger partial charge in [0.25, 0.3) is 5.62 Å². The predicted molar refractivity (Wildman–Crippen MR) is 107 cm³/mol. The summed E-state index contributed by atoms with van der Waals surface area (Å²) < 4.78 is 1.54. The molecule has 0 saturated heterocycles. The highest BCUT2D eigenvalue weighted by atomic mass is 16.3. The van der Waals surface area contributed by atoms with Crippen molar-refractivity contribution in [3.05, 3.63) is 63.0 Å². The zero-order valence-electron chi connectivity index (χ0n) is 15.7. The number of aromatic amines is 2. The van der Waals surface area contributed by atoms with Gasteiger partial charge in [-0.2, -0.15) is 19.6 Å². The molecule has 1 aromatic carbocycles. The van der Waals surface area contributed by atoms with Crippen molar-refractivity contribution in [1.29, 1.82) is 0 Å². The molecule has 4 aromatic rings. The van der Waals surface area contributed by atoms with Crippen LogP contribution in [-0.4, -0.2) is 45.8 Å². The van der Waals surface area contributed by atoms with Gasteiger partial charge in [-0.25, -0.2) is 9.79 Å². The fraction of sp³-hybridized carbons (Fsp3) is 0.211. The Kier molecular flexibility index (Phi) is 4.20. The van der Waals surface area contributed by atoms with Gasteiger partial charge in [0.05, 0.1) is 12.2 Å². The highest BCUT2D eigenvalue weighted by Gasteiger charge is 2.21. The van der Waals surface area contributed by atoms with Gasteiger partial charge in [0.15, 0.2) is 5.65 Å². The van der Waals surface area contributed by atoms with Crippen molar-refractivity contribution in [3.8, 4) is 11.6 Å². The number of H-pyrrole nitrogens is 2. The van der Waals surface area contributed by atoms with Crippen LogP contribution in [0.25, 0.3) is 11.7 Å². The van der Waals surface area contributed by atoms with Gasteiger partial charge in [-0.1, -0.05) is 12.1 Å². The van der Waals surface area contributed by atoms with E-state index in [0.29, 0.717) is 29.0 Å². The first-order valence-corrected chi connectivity index (χ1v) is 9.39. The maximum absolute atomic E-state index is 11.4. The number of hydrogen-bond donors (Lipinski definition) is 5. The molecule has 3 heterocycles.